The summed E-state index contributed by atoms with van der Waals surface area (Å²) in [6, 6.07) is 5.99. The van der Waals surface area contributed by atoms with Gasteiger partial charge in [-0.1, -0.05) is 6.92 Å². The van der Waals surface area contributed by atoms with Crippen LogP contribution in [0.5, 0.6) is 0 Å². The lowest BCUT2D eigenvalue weighted by molar-refractivity contribution is 0.0593. The Morgan fingerprint density at radius 2 is 2.28 bits per heavy atom. The minimum absolute atomic E-state index is 0.0970. The molecule has 6 nitrogen and oxygen atoms in total. The van der Waals surface area contributed by atoms with Crippen molar-refractivity contribution in [1.82, 2.24) is 19.7 Å². The van der Waals surface area contributed by atoms with E-state index in [1.165, 1.54) is 6.42 Å². The third kappa shape index (κ3) is 4.59. The van der Waals surface area contributed by atoms with E-state index in [1.54, 1.807) is 12.4 Å². The molecule has 0 aromatic carbocycles. The predicted molar refractivity (Wildman–Crippen MR) is 98.5 cm³/mol. The van der Waals surface area contributed by atoms with Crippen LogP contribution < -0.4 is 5.32 Å². The minimum Gasteiger partial charge on any atom is -0.370 e. The zero-order valence-electron chi connectivity index (χ0n) is 14.9. The minimum atomic E-state index is 0.0970. The molecular formula is C19H27N5O. The van der Waals surface area contributed by atoms with E-state index in [9.17, 15) is 4.79 Å². The van der Waals surface area contributed by atoms with E-state index < -0.39 is 0 Å². The molecule has 1 fully saturated rings. The van der Waals surface area contributed by atoms with Gasteiger partial charge in [-0.25, -0.2) is 4.98 Å². The van der Waals surface area contributed by atoms with Crippen LogP contribution in [0.1, 0.15) is 49.4 Å². The fourth-order valence-corrected chi connectivity index (χ4v) is 3.33. The van der Waals surface area contributed by atoms with Gasteiger partial charge >= 0.3 is 0 Å². The van der Waals surface area contributed by atoms with Gasteiger partial charge in [0.15, 0.2) is 0 Å². The summed E-state index contributed by atoms with van der Waals surface area (Å²) in [5.74, 6) is 0.923. The second-order valence-corrected chi connectivity index (χ2v) is 6.56. The fourth-order valence-electron chi connectivity index (χ4n) is 3.33. The van der Waals surface area contributed by atoms with Gasteiger partial charge in [0.2, 0.25) is 0 Å². The maximum absolute atomic E-state index is 12.9. The number of rotatable bonds is 7. The van der Waals surface area contributed by atoms with E-state index in [1.807, 2.05) is 34.0 Å². The molecule has 0 radical (unpaired) electrons. The molecule has 0 bridgehead atoms. The number of nitrogens with one attached hydrogen (secondary N) is 1. The third-order valence-electron chi connectivity index (χ3n) is 4.71. The smallest absolute Gasteiger partial charge is 0.255 e. The van der Waals surface area contributed by atoms with Gasteiger partial charge in [-0.05, 0) is 50.3 Å². The second kappa shape index (κ2) is 8.65. The van der Waals surface area contributed by atoms with Crippen LogP contribution in [0, 0.1) is 0 Å². The quantitative estimate of drug-likeness (QED) is 0.840. The molecule has 1 atom stereocenters. The molecule has 1 amide bonds. The Labute approximate surface area is 149 Å². The van der Waals surface area contributed by atoms with Crippen LogP contribution in [0.25, 0.3) is 0 Å². The summed E-state index contributed by atoms with van der Waals surface area (Å²) in [6.45, 7) is 4.69. The van der Waals surface area contributed by atoms with Crippen LogP contribution in [0.4, 0.5) is 5.82 Å². The Morgan fingerprint density at radius 3 is 3.00 bits per heavy atom. The highest BCUT2D eigenvalue weighted by molar-refractivity contribution is 5.94. The topological polar surface area (TPSA) is 63.1 Å². The Bertz CT molecular complexity index is 653. The first-order valence-electron chi connectivity index (χ1n) is 9.26. The number of likely N-dealkylation sites (tertiary alicyclic amines) is 1. The lowest BCUT2D eigenvalue weighted by atomic mass is 9.98. The molecule has 1 aliphatic heterocycles. The van der Waals surface area contributed by atoms with Crippen molar-refractivity contribution in [1.29, 1.82) is 0 Å². The highest BCUT2D eigenvalue weighted by Crippen LogP contribution is 2.22. The van der Waals surface area contributed by atoms with Gasteiger partial charge in [-0.2, -0.15) is 5.10 Å². The number of carbonyl (C=O) groups is 1. The summed E-state index contributed by atoms with van der Waals surface area (Å²) >= 11 is 0. The normalized spacial score (nSPS) is 17.5. The molecule has 25 heavy (non-hydrogen) atoms. The van der Waals surface area contributed by atoms with Crippen molar-refractivity contribution in [3.05, 3.63) is 42.4 Å². The molecule has 0 unspecified atom stereocenters. The zero-order valence-corrected chi connectivity index (χ0v) is 14.9. The van der Waals surface area contributed by atoms with E-state index >= 15 is 0 Å². The van der Waals surface area contributed by atoms with Crippen LogP contribution in [0.3, 0.4) is 0 Å². The lowest BCUT2D eigenvalue weighted by Gasteiger charge is -2.36. The molecule has 1 aliphatic rings. The predicted octanol–water partition coefficient (Wildman–Crippen LogP) is 3.19. The molecule has 1 saturated heterocycles. The van der Waals surface area contributed by atoms with E-state index in [-0.39, 0.29) is 11.9 Å². The van der Waals surface area contributed by atoms with Crippen molar-refractivity contribution < 1.29 is 4.79 Å². The number of amides is 1. The van der Waals surface area contributed by atoms with Crippen LogP contribution in [-0.4, -0.2) is 44.7 Å². The molecule has 6 heteroatoms. The number of hydrogen-bond donors (Lipinski definition) is 1. The highest BCUT2D eigenvalue weighted by atomic mass is 16.2. The summed E-state index contributed by atoms with van der Waals surface area (Å²) < 4.78 is 1.94. The molecule has 0 spiro atoms. The lowest BCUT2D eigenvalue weighted by Crippen LogP contribution is -2.44. The van der Waals surface area contributed by atoms with Crippen molar-refractivity contribution in [2.45, 2.75) is 51.6 Å². The van der Waals surface area contributed by atoms with Gasteiger partial charge in [-0.15, -0.1) is 0 Å². The molecule has 134 valence electrons. The highest BCUT2D eigenvalue weighted by Gasteiger charge is 2.27. The van der Waals surface area contributed by atoms with E-state index in [0.29, 0.717) is 5.56 Å². The number of carbonyl (C=O) groups excluding carboxylic acids is 1. The largest absolute Gasteiger partial charge is 0.370 e. The zero-order chi connectivity index (χ0) is 17.5. The summed E-state index contributed by atoms with van der Waals surface area (Å²) in [5.41, 5.74) is 0.674. The molecule has 2 aromatic rings. The number of pyridine rings is 1. The van der Waals surface area contributed by atoms with Crippen LogP contribution in [0.15, 0.2) is 36.8 Å². The molecule has 0 saturated carbocycles. The monoisotopic (exact) mass is 341 g/mol. The van der Waals surface area contributed by atoms with Crippen molar-refractivity contribution in [2.75, 3.05) is 18.4 Å². The average Bonchev–Trinajstić information content (AvgIpc) is 3.18. The molecule has 3 heterocycles. The first-order valence-corrected chi connectivity index (χ1v) is 9.26. The van der Waals surface area contributed by atoms with Crippen LogP contribution in [-0.2, 0) is 6.54 Å². The Balaban J connectivity index is 1.63. The summed E-state index contributed by atoms with van der Waals surface area (Å²) in [4.78, 5) is 19.3. The summed E-state index contributed by atoms with van der Waals surface area (Å²) in [5, 5.41) is 7.50. The maximum Gasteiger partial charge on any atom is 0.255 e. The number of hydrogen-bond acceptors (Lipinski definition) is 4. The van der Waals surface area contributed by atoms with E-state index in [4.69, 9.17) is 0 Å². The number of aromatic nitrogens is 3. The van der Waals surface area contributed by atoms with Crippen molar-refractivity contribution >= 4 is 11.7 Å². The number of aryl methyl sites for hydroxylation is 1. The first kappa shape index (κ1) is 17.5. The van der Waals surface area contributed by atoms with Gasteiger partial charge in [0, 0.05) is 44.3 Å². The van der Waals surface area contributed by atoms with Gasteiger partial charge in [0.05, 0.1) is 5.56 Å². The van der Waals surface area contributed by atoms with Gasteiger partial charge in [0.1, 0.15) is 5.82 Å². The first-order chi connectivity index (χ1) is 12.3. The van der Waals surface area contributed by atoms with Gasteiger partial charge in [0.25, 0.3) is 5.91 Å². The third-order valence-corrected chi connectivity index (χ3v) is 4.71. The summed E-state index contributed by atoms with van der Waals surface area (Å²) in [7, 11) is 0. The fraction of sp³-hybridized carbons (Fsp3) is 0.526. The molecule has 3 rings (SSSR count). The van der Waals surface area contributed by atoms with Crippen molar-refractivity contribution in [2.24, 2.45) is 0 Å². The standard InChI is InChI=1S/C19H27N5O/c1-2-10-20-18-8-7-16(15-21-18)19(25)24-13-4-3-6-17(24)9-14-23-12-5-11-22-23/h5,7-8,11-12,15,17H,2-4,6,9-10,13-14H2,1H3,(H,20,21)/t17-/m0/s1. The van der Waals surface area contributed by atoms with Crippen LogP contribution >= 0.6 is 0 Å². The Morgan fingerprint density at radius 1 is 1.36 bits per heavy atom. The molecule has 2 aromatic heterocycles. The molecular weight excluding hydrogens is 314 g/mol. The summed E-state index contributed by atoms with van der Waals surface area (Å²) in [6.07, 6.45) is 10.8. The van der Waals surface area contributed by atoms with E-state index in [0.717, 1.165) is 51.1 Å². The Hall–Kier alpha value is -2.37. The number of nitrogens with zero attached hydrogens (tertiary/aromatic N) is 4. The Kier molecular flexibility index (Phi) is 6.04. The van der Waals surface area contributed by atoms with Gasteiger partial charge < -0.3 is 10.2 Å². The maximum atomic E-state index is 12.9. The SMILES string of the molecule is CCCNc1ccc(C(=O)N2CCCC[C@H]2CCn2cccn2)cn1. The molecule has 0 aliphatic carbocycles. The van der Waals surface area contributed by atoms with Crippen molar-refractivity contribution in [3.63, 3.8) is 0 Å². The van der Waals surface area contributed by atoms with Crippen LogP contribution in [0.2, 0.25) is 0 Å². The average molecular weight is 341 g/mol. The second-order valence-electron chi connectivity index (χ2n) is 6.56. The van der Waals surface area contributed by atoms with E-state index in [2.05, 4.69) is 22.3 Å². The van der Waals surface area contributed by atoms with Gasteiger partial charge in [-0.3, -0.25) is 9.48 Å². The molecule has 1 N–H and O–H groups in total. The number of anilines is 1. The number of piperidine rings is 1. The van der Waals surface area contributed by atoms with Crippen molar-refractivity contribution in [3.8, 4) is 0 Å².